The van der Waals surface area contributed by atoms with Crippen LogP contribution in [0.2, 0.25) is 0 Å². The fourth-order valence-electron chi connectivity index (χ4n) is 2.44. The van der Waals surface area contributed by atoms with E-state index in [4.69, 9.17) is 0 Å². The highest BCUT2D eigenvalue weighted by molar-refractivity contribution is 5.92. The number of carbonyl (C=O) groups is 1. The molecular weight excluding hydrogens is 358 g/mol. The van der Waals surface area contributed by atoms with Gasteiger partial charge in [0.2, 0.25) is 5.91 Å². The first kappa shape index (κ1) is 18.3. The molecule has 1 N–H and O–H groups in total. The molecule has 9 heteroatoms. The van der Waals surface area contributed by atoms with E-state index in [1.54, 1.807) is 42.6 Å². The van der Waals surface area contributed by atoms with Gasteiger partial charge < -0.3 is 10.1 Å². The Kier molecular flexibility index (Phi) is 5.60. The molecule has 140 valence electrons. The molecule has 0 fully saturated rings. The van der Waals surface area contributed by atoms with Crippen LogP contribution in [0.1, 0.15) is 5.56 Å². The van der Waals surface area contributed by atoms with E-state index in [0.717, 1.165) is 0 Å². The number of aromatic nitrogens is 3. The van der Waals surface area contributed by atoms with Crippen LogP contribution in [0.15, 0.2) is 59.5 Å². The lowest BCUT2D eigenvalue weighted by atomic mass is 10.2. The number of amides is 1. The first-order valence-electron chi connectivity index (χ1n) is 8.08. The van der Waals surface area contributed by atoms with Gasteiger partial charge in [0.25, 0.3) is 0 Å². The number of fused-ring (bicyclic) bond motifs is 1. The normalized spacial score (nSPS) is 11.4. The van der Waals surface area contributed by atoms with Crippen molar-refractivity contribution in [3.8, 4) is 5.75 Å². The molecule has 0 atom stereocenters. The molecule has 0 aliphatic rings. The zero-order chi connectivity index (χ0) is 19.2. The average Bonchev–Trinajstić information content (AvgIpc) is 2.97. The number of ether oxygens (including phenoxy) is 1. The summed E-state index contributed by atoms with van der Waals surface area (Å²) in [5.41, 5.74) is 0.572. The lowest BCUT2D eigenvalue weighted by Crippen LogP contribution is -2.30. The van der Waals surface area contributed by atoms with Gasteiger partial charge in [-0.1, -0.05) is 24.3 Å². The van der Waals surface area contributed by atoms with Crippen LogP contribution in [0.5, 0.6) is 5.75 Å². The predicted molar refractivity (Wildman–Crippen MR) is 94.6 cm³/mol. The van der Waals surface area contributed by atoms with Gasteiger partial charge in [-0.2, -0.15) is 8.78 Å². The standard InChI is InChI=1S/C18H16F2N4O3/c19-17(20)27-14-6-2-1-5-13(14)8-9-16(25)21-10-12-24-18(26)23-11-4-3-7-15(23)22-24/h1-9,11,17H,10,12H2,(H,21,25). The average molecular weight is 374 g/mol. The Balaban J connectivity index is 1.58. The highest BCUT2D eigenvalue weighted by Crippen LogP contribution is 2.21. The van der Waals surface area contributed by atoms with Gasteiger partial charge in [-0.05, 0) is 24.3 Å². The summed E-state index contributed by atoms with van der Waals surface area (Å²) >= 11 is 0. The summed E-state index contributed by atoms with van der Waals surface area (Å²) in [6.45, 7) is -2.56. The van der Waals surface area contributed by atoms with Crippen LogP contribution in [0.3, 0.4) is 0 Å². The Morgan fingerprint density at radius 2 is 2.00 bits per heavy atom. The minimum Gasteiger partial charge on any atom is -0.434 e. The number of para-hydroxylation sites is 1. The number of benzene rings is 1. The van der Waals surface area contributed by atoms with Crippen molar-refractivity contribution in [1.29, 1.82) is 0 Å². The van der Waals surface area contributed by atoms with Crippen molar-refractivity contribution in [1.82, 2.24) is 19.5 Å². The topological polar surface area (TPSA) is 77.6 Å². The number of pyridine rings is 1. The molecule has 1 aromatic carbocycles. The van der Waals surface area contributed by atoms with E-state index in [9.17, 15) is 18.4 Å². The summed E-state index contributed by atoms with van der Waals surface area (Å²) in [6, 6.07) is 11.3. The summed E-state index contributed by atoms with van der Waals surface area (Å²) < 4.78 is 31.8. The second-order valence-electron chi connectivity index (χ2n) is 5.48. The zero-order valence-corrected chi connectivity index (χ0v) is 14.1. The molecule has 3 rings (SSSR count). The number of rotatable bonds is 7. The SMILES string of the molecule is O=C(C=Cc1ccccc1OC(F)F)NCCn1nc2ccccn2c1=O. The van der Waals surface area contributed by atoms with E-state index < -0.39 is 12.5 Å². The molecule has 7 nitrogen and oxygen atoms in total. The van der Waals surface area contributed by atoms with Gasteiger partial charge in [0, 0.05) is 24.4 Å². The van der Waals surface area contributed by atoms with Gasteiger partial charge in [0.15, 0.2) is 5.65 Å². The Morgan fingerprint density at radius 3 is 2.78 bits per heavy atom. The molecule has 0 bridgehead atoms. The highest BCUT2D eigenvalue weighted by atomic mass is 19.3. The summed E-state index contributed by atoms with van der Waals surface area (Å²) in [5.74, 6) is -0.452. The molecular formula is C18H16F2N4O3. The van der Waals surface area contributed by atoms with E-state index in [-0.39, 0.29) is 24.5 Å². The molecule has 0 spiro atoms. The Morgan fingerprint density at radius 1 is 1.22 bits per heavy atom. The number of nitrogens with one attached hydrogen (secondary N) is 1. The number of hydrogen-bond acceptors (Lipinski definition) is 4. The van der Waals surface area contributed by atoms with Gasteiger partial charge in [0.1, 0.15) is 5.75 Å². The molecule has 3 aromatic rings. The molecule has 1 amide bonds. The summed E-state index contributed by atoms with van der Waals surface area (Å²) in [4.78, 5) is 24.0. The zero-order valence-electron chi connectivity index (χ0n) is 14.1. The fraction of sp³-hybridized carbons (Fsp3) is 0.167. The number of hydrogen-bond donors (Lipinski definition) is 1. The molecule has 0 aliphatic heterocycles. The van der Waals surface area contributed by atoms with Crippen LogP contribution < -0.4 is 15.7 Å². The Bertz CT molecular complexity index is 1030. The molecule has 0 radical (unpaired) electrons. The third-order valence-electron chi connectivity index (χ3n) is 3.66. The van der Waals surface area contributed by atoms with Gasteiger partial charge in [0.05, 0.1) is 6.54 Å². The fourth-order valence-corrected chi connectivity index (χ4v) is 2.44. The lowest BCUT2D eigenvalue weighted by Gasteiger charge is -2.07. The number of alkyl halides is 2. The second kappa shape index (κ2) is 8.26. The van der Waals surface area contributed by atoms with Gasteiger partial charge in [-0.25, -0.2) is 9.48 Å². The van der Waals surface area contributed by atoms with Crippen molar-refractivity contribution >= 4 is 17.6 Å². The number of halogens is 2. The minimum atomic E-state index is -2.95. The highest BCUT2D eigenvalue weighted by Gasteiger charge is 2.08. The first-order chi connectivity index (χ1) is 13.0. The van der Waals surface area contributed by atoms with Crippen LogP contribution in [0, 0.1) is 0 Å². The largest absolute Gasteiger partial charge is 0.434 e. The number of carbonyl (C=O) groups excluding carboxylic acids is 1. The maximum Gasteiger partial charge on any atom is 0.387 e. The van der Waals surface area contributed by atoms with Crippen LogP contribution in [0.25, 0.3) is 11.7 Å². The van der Waals surface area contributed by atoms with Gasteiger partial charge in [-0.15, -0.1) is 5.10 Å². The van der Waals surface area contributed by atoms with Crippen molar-refractivity contribution in [3.05, 3.63) is 70.8 Å². The molecule has 0 saturated carbocycles. The lowest BCUT2D eigenvalue weighted by molar-refractivity contribution is -0.116. The van der Waals surface area contributed by atoms with Crippen LogP contribution in [0.4, 0.5) is 8.78 Å². The van der Waals surface area contributed by atoms with Crippen molar-refractivity contribution in [3.63, 3.8) is 0 Å². The first-order valence-corrected chi connectivity index (χ1v) is 8.08. The maximum atomic E-state index is 12.4. The number of nitrogens with zero attached hydrogens (tertiary/aromatic N) is 3. The quantitative estimate of drug-likeness (QED) is 0.641. The van der Waals surface area contributed by atoms with Crippen LogP contribution in [-0.2, 0) is 11.3 Å². The third-order valence-corrected chi connectivity index (χ3v) is 3.66. The molecule has 0 saturated heterocycles. The maximum absolute atomic E-state index is 12.4. The van der Waals surface area contributed by atoms with Gasteiger partial charge in [-0.3, -0.25) is 9.20 Å². The Hall–Kier alpha value is -3.49. The molecule has 27 heavy (non-hydrogen) atoms. The summed E-state index contributed by atoms with van der Waals surface area (Å²) in [6.07, 6.45) is 4.20. The van der Waals surface area contributed by atoms with Gasteiger partial charge >= 0.3 is 12.3 Å². The van der Waals surface area contributed by atoms with E-state index in [1.807, 2.05) is 0 Å². The smallest absolute Gasteiger partial charge is 0.387 e. The van der Waals surface area contributed by atoms with Crippen molar-refractivity contribution in [2.45, 2.75) is 13.2 Å². The summed E-state index contributed by atoms with van der Waals surface area (Å²) in [7, 11) is 0. The van der Waals surface area contributed by atoms with E-state index in [2.05, 4.69) is 15.2 Å². The molecule has 2 aromatic heterocycles. The summed E-state index contributed by atoms with van der Waals surface area (Å²) in [5, 5.41) is 6.76. The monoisotopic (exact) mass is 374 g/mol. The third kappa shape index (κ3) is 4.57. The van der Waals surface area contributed by atoms with E-state index in [1.165, 1.54) is 27.3 Å². The molecule has 0 unspecified atom stereocenters. The van der Waals surface area contributed by atoms with Crippen molar-refractivity contribution < 1.29 is 18.3 Å². The van der Waals surface area contributed by atoms with Crippen LogP contribution >= 0.6 is 0 Å². The molecule has 0 aliphatic carbocycles. The minimum absolute atomic E-state index is 0.0206. The van der Waals surface area contributed by atoms with E-state index >= 15 is 0 Å². The van der Waals surface area contributed by atoms with Crippen LogP contribution in [-0.4, -0.2) is 33.2 Å². The van der Waals surface area contributed by atoms with Crippen molar-refractivity contribution in [2.24, 2.45) is 0 Å². The second-order valence-corrected chi connectivity index (χ2v) is 5.48. The predicted octanol–water partition coefficient (Wildman–Crippen LogP) is 1.93. The van der Waals surface area contributed by atoms with Crippen molar-refractivity contribution in [2.75, 3.05) is 6.54 Å². The van der Waals surface area contributed by atoms with E-state index in [0.29, 0.717) is 11.2 Å². The Labute approximate surface area is 152 Å². The molecule has 2 heterocycles.